The second-order valence-electron chi connectivity index (χ2n) is 6.93. The normalized spacial score (nSPS) is 12.9. The summed E-state index contributed by atoms with van der Waals surface area (Å²) in [5.74, 6) is -1.55. The topological polar surface area (TPSA) is 87.5 Å². The lowest BCUT2D eigenvalue weighted by atomic mass is 10.3. The molecule has 0 bridgehead atoms. The number of hydrogen-bond acceptors (Lipinski definition) is 5. The van der Waals surface area contributed by atoms with Crippen LogP contribution in [0.5, 0.6) is 0 Å². The fourth-order valence-electron chi connectivity index (χ4n) is 2.64. The lowest BCUT2D eigenvalue weighted by Gasteiger charge is -2.13. The maximum Gasteiger partial charge on any atom is 0.449 e. The molecule has 0 atom stereocenters. The van der Waals surface area contributed by atoms with Crippen molar-refractivity contribution in [2.45, 2.75) is 24.0 Å². The number of alkyl halides is 3. The van der Waals surface area contributed by atoms with Crippen LogP contribution in [0.1, 0.15) is 12.2 Å². The lowest BCUT2D eigenvalue weighted by molar-refractivity contribution is -0.147. The number of sulfonamides is 1. The first-order valence-corrected chi connectivity index (χ1v) is 10.2. The predicted octanol–water partition coefficient (Wildman–Crippen LogP) is 1.37. The minimum absolute atomic E-state index is 0.103. The predicted molar refractivity (Wildman–Crippen MR) is 102 cm³/mol. The Morgan fingerprint density at radius 2 is 1.86 bits per heavy atom. The summed E-state index contributed by atoms with van der Waals surface area (Å²) in [6.45, 7) is 0.754. The van der Waals surface area contributed by atoms with Crippen LogP contribution in [0.15, 0.2) is 23.1 Å². The maximum atomic E-state index is 13.4. The van der Waals surface area contributed by atoms with Gasteiger partial charge < -0.3 is 14.8 Å². The molecule has 12 heteroatoms. The van der Waals surface area contributed by atoms with Gasteiger partial charge in [-0.05, 0) is 32.3 Å². The van der Waals surface area contributed by atoms with Crippen molar-refractivity contribution in [2.75, 3.05) is 41.3 Å². The standard InChI is InChI=1S/C17H24F3N5O3S/c1-23(2)10-8-21-15(26)7-9-25-14-6-5-12(29(27,28)24(3)4)11-13(14)22-16(25)17(18,19)20/h5-6,11H,7-10H2,1-4H3,(H,21,26). The van der Waals surface area contributed by atoms with Gasteiger partial charge in [-0.25, -0.2) is 17.7 Å². The van der Waals surface area contributed by atoms with Crippen LogP contribution < -0.4 is 5.32 Å². The number of rotatable bonds is 8. The van der Waals surface area contributed by atoms with Crippen LogP contribution in [-0.4, -0.2) is 74.4 Å². The van der Waals surface area contributed by atoms with Crippen LogP contribution in [0.2, 0.25) is 0 Å². The van der Waals surface area contributed by atoms with Gasteiger partial charge in [-0.1, -0.05) is 0 Å². The molecular weight excluding hydrogens is 411 g/mol. The van der Waals surface area contributed by atoms with E-state index >= 15 is 0 Å². The average molecular weight is 435 g/mol. The summed E-state index contributed by atoms with van der Waals surface area (Å²) < 4.78 is 66.7. The molecule has 1 N–H and O–H groups in total. The minimum Gasteiger partial charge on any atom is -0.355 e. The first-order valence-electron chi connectivity index (χ1n) is 8.75. The number of imidazole rings is 1. The molecule has 29 heavy (non-hydrogen) atoms. The summed E-state index contributed by atoms with van der Waals surface area (Å²) in [7, 11) is 2.51. The van der Waals surface area contributed by atoms with Crippen molar-refractivity contribution in [1.82, 2.24) is 24.1 Å². The second-order valence-corrected chi connectivity index (χ2v) is 9.08. The molecule has 8 nitrogen and oxygen atoms in total. The molecule has 0 aliphatic carbocycles. The van der Waals surface area contributed by atoms with E-state index in [2.05, 4.69) is 10.3 Å². The molecule has 0 aliphatic rings. The third kappa shape index (κ3) is 5.46. The van der Waals surface area contributed by atoms with Crippen molar-refractivity contribution >= 4 is 27.0 Å². The third-order valence-electron chi connectivity index (χ3n) is 4.20. The van der Waals surface area contributed by atoms with E-state index < -0.39 is 22.0 Å². The van der Waals surface area contributed by atoms with Crippen LogP contribution in [-0.2, 0) is 27.5 Å². The Labute approximate surface area is 167 Å². The Balaban J connectivity index is 2.34. The van der Waals surface area contributed by atoms with Gasteiger partial charge in [0, 0.05) is 40.2 Å². The lowest BCUT2D eigenvalue weighted by Crippen LogP contribution is -2.32. The number of nitrogens with zero attached hydrogens (tertiary/aromatic N) is 4. The number of carbonyl (C=O) groups excluding carboxylic acids is 1. The quantitative estimate of drug-likeness (QED) is 0.677. The molecular formula is C17H24F3N5O3S. The highest BCUT2D eigenvalue weighted by molar-refractivity contribution is 7.89. The van der Waals surface area contributed by atoms with Crippen molar-refractivity contribution < 1.29 is 26.4 Å². The Bertz CT molecular complexity index is 984. The number of aromatic nitrogens is 2. The molecule has 0 saturated heterocycles. The number of likely N-dealkylation sites (N-methyl/N-ethyl adjacent to an activating group) is 1. The van der Waals surface area contributed by atoms with E-state index in [9.17, 15) is 26.4 Å². The fraction of sp³-hybridized carbons (Fsp3) is 0.529. The van der Waals surface area contributed by atoms with E-state index in [1.807, 2.05) is 19.0 Å². The zero-order valence-electron chi connectivity index (χ0n) is 16.6. The SMILES string of the molecule is CN(C)CCNC(=O)CCn1c(C(F)(F)F)nc2cc(S(=O)(=O)N(C)C)ccc21. The molecule has 1 heterocycles. The van der Waals surface area contributed by atoms with Gasteiger partial charge in [0.25, 0.3) is 0 Å². The molecule has 2 rings (SSSR count). The van der Waals surface area contributed by atoms with Gasteiger partial charge in [0.1, 0.15) is 0 Å². The molecule has 0 unspecified atom stereocenters. The monoisotopic (exact) mass is 435 g/mol. The molecule has 1 aromatic carbocycles. The summed E-state index contributed by atoms with van der Waals surface area (Å²) in [4.78, 5) is 17.3. The van der Waals surface area contributed by atoms with Crippen molar-refractivity contribution in [3.05, 3.63) is 24.0 Å². The van der Waals surface area contributed by atoms with Gasteiger partial charge in [-0.2, -0.15) is 13.2 Å². The molecule has 1 aromatic heterocycles. The van der Waals surface area contributed by atoms with Crippen LogP contribution >= 0.6 is 0 Å². The number of fused-ring (bicyclic) bond motifs is 1. The molecule has 0 radical (unpaired) electrons. The maximum absolute atomic E-state index is 13.4. The van der Waals surface area contributed by atoms with Crippen LogP contribution in [0.4, 0.5) is 13.2 Å². The molecule has 0 saturated carbocycles. The molecule has 162 valence electrons. The molecule has 0 aliphatic heterocycles. The van der Waals surface area contributed by atoms with Gasteiger partial charge >= 0.3 is 6.18 Å². The Morgan fingerprint density at radius 1 is 1.21 bits per heavy atom. The van der Waals surface area contributed by atoms with Crippen LogP contribution in [0, 0.1) is 0 Å². The van der Waals surface area contributed by atoms with Gasteiger partial charge in [0.15, 0.2) is 0 Å². The van der Waals surface area contributed by atoms with Crippen LogP contribution in [0.25, 0.3) is 11.0 Å². The average Bonchev–Trinajstić information content (AvgIpc) is 2.97. The van der Waals surface area contributed by atoms with E-state index in [1.54, 1.807) is 0 Å². The molecule has 2 aromatic rings. The number of amides is 1. The zero-order valence-corrected chi connectivity index (χ0v) is 17.4. The Morgan fingerprint density at radius 3 is 2.41 bits per heavy atom. The Hall–Kier alpha value is -2.18. The van der Waals surface area contributed by atoms with E-state index in [1.165, 1.54) is 26.2 Å². The summed E-state index contributed by atoms with van der Waals surface area (Å²) in [5.41, 5.74) is 0.00406. The Kier molecular flexibility index (Phi) is 6.91. The summed E-state index contributed by atoms with van der Waals surface area (Å²) in [6, 6.07) is 3.61. The number of aryl methyl sites for hydroxylation is 1. The van der Waals surface area contributed by atoms with Crippen LogP contribution in [0.3, 0.4) is 0 Å². The van der Waals surface area contributed by atoms with E-state index in [-0.39, 0.29) is 34.8 Å². The first-order chi connectivity index (χ1) is 13.3. The molecule has 0 spiro atoms. The van der Waals surface area contributed by atoms with Crippen molar-refractivity contribution in [2.24, 2.45) is 0 Å². The fourth-order valence-corrected chi connectivity index (χ4v) is 3.57. The smallest absolute Gasteiger partial charge is 0.355 e. The summed E-state index contributed by atoms with van der Waals surface area (Å²) >= 11 is 0. The minimum atomic E-state index is -4.75. The highest BCUT2D eigenvalue weighted by Gasteiger charge is 2.37. The number of benzene rings is 1. The summed E-state index contributed by atoms with van der Waals surface area (Å²) in [5, 5.41) is 2.64. The molecule has 0 fully saturated rings. The highest BCUT2D eigenvalue weighted by Crippen LogP contribution is 2.32. The van der Waals surface area contributed by atoms with Crippen molar-refractivity contribution in [3.63, 3.8) is 0 Å². The van der Waals surface area contributed by atoms with Crippen molar-refractivity contribution in [3.8, 4) is 0 Å². The first kappa shape index (κ1) is 23.1. The third-order valence-corrected chi connectivity index (χ3v) is 6.01. The van der Waals surface area contributed by atoms with Gasteiger partial charge in [0.05, 0.1) is 15.9 Å². The van der Waals surface area contributed by atoms with E-state index in [0.29, 0.717) is 13.1 Å². The van der Waals surface area contributed by atoms with Gasteiger partial charge in [-0.15, -0.1) is 0 Å². The molecule has 1 amide bonds. The largest absolute Gasteiger partial charge is 0.449 e. The van der Waals surface area contributed by atoms with E-state index in [0.717, 1.165) is 14.9 Å². The second kappa shape index (κ2) is 8.67. The van der Waals surface area contributed by atoms with E-state index in [4.69, 9.17) is 0 Å². The number of nitrogens with one attached hydrogen (secondary N) is 1. The van der Waals surface area contributed by atoms with Crippen molar-refractivity contribution in [1.29, 1.82) is 0 Å². The van der Waals surface area contributed by atoms with Gasteiger partial charge in [0.2, 0.25) is 21.8 Å². The van der Waals surface area contributed by atoms with Gasteiger partial charge in [-0.3, -0.25) is 4.79 Å². The zero-order chi connectivity index (χ0) is 22.0. The summed E-state index contributed by atoms with van der Waals surface area (Å²) in [6.07, 6.45) is -4.92. The number of hydrogen-bond donors (Lipinski definition) is 1. The highest BCUT2D eigenvalue weighted by atomic mass is 32.2. The number of carbonyl (C=O) groups is 1. The number of halogens is 3.